The quantitative estimate of drug-likeness (QED) is 0.520. The topological polar surface area (TPSA) is 78.4 Å². The average Bonchev–Trinajstić information content (AvgIpc) is 3.26. The number of aryl methyl sites for hydroxylation is 2. The molecule has 0 aliphatic carbocycles. The average molecular weight is 417 g/mol. The SMILES string of the molecule is Cc1nc(CC(=O)OCc2cccc(COC(=O)Cc3csc(C)n3)c2)cs1. The van der Waals surface area contributed by atoms with E-state index < -0.39 is 0 Å². The molecule has 0 spiro atoms. The zero-order chi connectivity index (χ0) is 19.9. The van der Waals surface area contributed by atoms with Gasteiger partial charge in [-0.15, -0.1) is 22.7 Å². The molecule has 0 unspecified atom stereocenters. The van der Waals surface area contributed by atoms with Crippen LogP contribution >= 0.6 is 22.7 Å². The number of rotatable bonds is 8. The Bertz CT molecular complexity index is 891. The van der Waals surface area contributed by atoms with E-state index in [2.05, 4.69) is 9.97 Å². The van der Waals surface area contributed by atoms with Crippen molar-refractivity contribution in [1.29, 1.82) is 0 Å². The first-order chi connectivity index (χ1) is 13.5. The standard InChI is InChI=1S/C20H20N2O4S2/c1-13-21-17(11-27-13)7-19(23)25-9-15-4-3-5-16(6-15)10-26-20(24)8-18-12-28-14(2)22-18/h3-6,11-12H,7-10H2,1-2H3. The highest BCUT2D eigenvalue weighted by molar-refractivity contribution is 7.09. The van der Waals surface area contributed by atoms with E-state index in [9.17, 15) is 9.59 Å². The minimum atomic E-state index is -0.319. The van der Waals surface area contributed by atoms with Crippen molar-refractivity contribution < 1.29 is 19.1 Å². The zero-order valence-electron chi connectivity index (χ0n) is 15.6. The molecule has 0 fully saturated rings. The summed E-state index contributed by atoms with van der Waals surface area (Å²) in [5.74, 6) is -0.638. The molecule has 0 saturated heterocycles. The Morgan fingerprint density at radius 3 is 1.71 bits per heavy atom. The summed E-state index contributed by atoms with van der Waals surface area (Å²) in [5, 5.41) is 5.57. The monoisotopic (exact) mass is 416 g/mol. The minimum Gasteiger partial charge on any atom is -0.461 e. The van der Waals surface area contributed by atoms with Gasteiger partial charge in [-0.25, -0.2) is 9.97 Å². The number of nitrogens with zero attached hydrogens (tertiary/aromatic N) is 2. The molecule has 146 valence electrons. The van der Waals surface area contributed by atoms with Gasteiger partial charge < -0.3 is 9.47 Å². The molecule has 2 heterocycles. The highest BCUT2D eigenvalue weighted by Crippen LogP contribution is 2.12. The van der Waals surface area contributed by atoms with Crippen LogP contribution in [-0.4, -0.2) is 21.9 Å². The van der Waals surface area contributed by atoms with Crippen molar-refractivity contribution in [3.8, 4) is 0 Å². The molecule has 6 nitrogen and oxygen atoms in total. The second-order valence-electron chi connectivity index (χ2n) is 6.21. The second kappa shape index (κ2) is 9.57. The molecule has 0 aliphatic rings. The first kappa shape index (κ1) is 20.2. The third-order valence-corrected chi connectivity index (χ3v) is 5.42. The van der Waals surface area contributed by atoms with Crippen molar-refractivity contribution in [2.24, 2.45) is 0 Å². The molecule has 3 rings (SSSR count). The van der Waals surface area contributed by atoms with Crippen LogP contribution in [0.15, 0.2) is 35.0 Å². The van der Waals surface area contributed by atoms with Gasteiger partial charge in [0.1, 0.15) is 13.2 Å². The first-order valence-electron chi connectivity index (χ1n) is 8.69. The Kier molecular flexibility index (Phi) is 6.89. The molecule has 2 aromatic heterocycles. The Morgan fingerprint density at radius 2 is 1.32 bits per heavy atom. The fourth-order valence-corrected chi connectivity index (χ4v) is 3.74. The number of aromatic nitrogens is 2. The maximum absolute atomic E-state index is 11.9. The van der Waals surface area contributed by atoms with Gasteiger partial charge in [-0.2, -0.15) is 0 Å². The van der Waals surface area contributed by atoms with Gasteiger partial charge in [0, 0.05) is 10.8 Å². The zero-order valence-corrected chi connectivity index (χ0v) is 17.3. The molecule has 0 radical (unpaired) electrons. The Balaban J connectivity index is 1.45. The van der Waals surface area contributed by atoms with Gasteiger partial charge in [0.25, 0.3) is 0 Å². The summed E-state index contributed by atoms with van der Waals surface area (Å²) in [4.78, 5) is 32.4. The predicted octanol–water partition coefficient (Wildman–Crippen LogP) is 3.79. The molecule has 0 aliphatic heterocycles. The lowest BCUT2D eigenvalue weighted by Crippen LogP contribution is -2.09. The predicted molar refractivity (Wildman–Crippen MR) is 107 cm³/mol. The van der Waals surface area contributed by atoms with E-state index in [1.165, 1.54) is 22.7 Å². The van der Waals surface area contributed by atoms with E-state index in [1.54, 1.807) is 0 Å². The largest absolute Gasteiger partial charge is 0.461 e. The fourth-order valence-electron chi connectivity index (χ4n) is 2.51. The molecule has 3 aromatic rings. The van der Waals surface area contributed by atoms with Crippen molar-refractivity contribution in [2.45, 2.75) is 39.9 Å². The normalized spacial score (nSPS) is 10.6. The molecule has 8 heteroatoms. The van der Waals surface area contributed by atoms with Crippen LogP contribution in [-0.2, 0) is 45.1 Å². The molecule has 0 amide bonds. The molecule has 1 aromatic carbocycles. The molecule has 0 saturated carbocycles. The van der Waals surface area contributed by atoms with Gasteiger partial charge in [-0.1, -0.05) is 18.2 Å². The van der Waals surface area contributed by atoms with Crippen molar-refractivity contribution in [3.63, 3.8) is 0 Å². The number of carbonyl (C=O) groups excluding carboxylic acids is 2. The first-order valence-corrected chi connectivity index (χ1v) is 10.4. The fraction of sp³-hybridized carbons (Fsp3) is 0.300. The van der Waals surface area contributed by atoms with Gasteiger partial charge in [-0.3, -0.25) is 9.59 Å². The highest BCUT2D eigenvalue weighted by atomic mass is 32.1. The van der Waals surface area contributed by atoms with E-state index in [1.807, 2.05) is 48.9 Å². The van der Waals surface area contributed by atoms with Crippen LogP contribution in [0.25, 0.3) is 0 Å². The lowest BCUT2D eigenvalue weighted by atomic mass is 10.1. The lowest BCUT2D eigenvalue weighted by molar-refractivity contribution is -0.144. The number of esters is 2. The second-order valence-corrected chi connectivity index (χ2v) is 8.34. The molecule has 28 heavy (non-hydrogen) atoms. The van der Waals surface area contributed by atoms with Crippen molar-refractivity contribution >= 4 is 34.6 Å². The van der Waals surface area contributed by atoms with Crippen LogP contribution in [0.3, 0.4) is 0 Å². The summed E-state index contributed by atoms with van der Waals surface area (Å²) >= 11 is 3.02. The van der Waals surface area contributed by atoms with E-state index >= 15 is 0 Å². The van der Waals surface area contributed by atoms with Crippen LogP contribution in [0, 0.1) is 13.8 Å². The third kappa shape index (κ3) is 6.24. The number of thiazole rings is 2. The van der Waals surface area contributed by atoms with Crippen molar-refractivity contribution in [2.75, 3.05) is 0 Å². The lowest BCUT2D eigenvalue weighted by Gasteiger charge is -2.07. The van der Waals surface area contributed by atoms with Crippen LogP contribution < -0.4 is 0 Å². The summed E-state index contributed by atoms with van der Waals surface area (Å²) < 4.78 is 10.6. The summed E-state index contributed by atoms with van der Waals surface area (Å²) in [6.07, 6.45) is 0.329. The van der Waals surface area contributed by atoms with Gasteiger partial charge >= 0.3 is 11.9 Å². The smallest absolute Gasteiger partial charge is 0.312 e. The molecule has 0 bridgehead atoms. The number of benzene rings is 1. The van der Waals surface area contributed by atoms with E-state index in [4.69, 9.17) is 9.47 Å². The number of carbonyl (C=O) groups is 2. The Hall–Kier alpha value is -2.58. The van der Waals surface area contributed by atoms with Crippen LogP contribution in [0.1, 0.15) is 32.5 Å². The molecule has 0 atom stereocenters. The number of ether oxygens (including phenoxy) is 2. The molecular weight excluding hydrogens is 396 g/mol. The summed E-state index contributed by atoms with van der Waals surface area (Å²) in [6.45, 7) is 4.13. The Labute approximate surface area is 171 Å². The number of hydrogen-bond acceptors (Lipinski definition) is 8. The van der Waals surface area contributed by atoms with E-state index in [0.29, 0.717) is 0 Å². The highest BCUT2D eigenvalue weighted by Gasteiger charge is 2.10. The molecular formula is C20H20N2O4S2. The van der Waals surface area contributed by atoms with Crippen molar-refractivity contribution in [1.82, 2.24) is 9.97 Å². The summed E-state index contributed by atoms with van der Waals surface area (Å²) in [6, 6.07) is 7.44. The molecule has 0 N–H and O–H groups in total. The summed E-state index contributed by atoms with van der Waals surface area (Å²) in [7, 11) is 0. The number of hydrogen-bond donors (Lipinski definition) is 0. The van der Waals surface area contributed by atoms with Crippen LogP contribution in [0.5, 0.6) is 0 Å². The van der Waals surface area contributed by atoms with Crippen LogP contribution in [0.4, 0.5) is 0 Å². The summed E-state index contributed by atoms with van der Waals surface area (Å²) in [5.41, 5.74) is 3.13. The van der Waals surface area contributed by atoms with Gasteiger partial charge in [-0.05, 0) is 31.0 Å². The maximum atomic E-state index is 11.9. The maximum Gasteiger partial charge on any atom is 0.312 e. The van der Waals surface area contributed by atoms with Crippen molar-refractivity contribution in [3.05, 3.63) is 67.6 Å². The van der Waals surface area contributed by atoms with Gasteiger partial charge in [0.05, 0.1) is 34.2 Å². The van der Waals surface area contributed by atoms with Gasteiger partial charge in [0.2, 0.25) is 0 Å². The Morgan fingerprint density at radius 1 is 0.857 bits per heavy atom. The van der Waals surface area contributed by atoms with E-state index in [-0.39, 0.29) is 38.0 Å². The minimum absolute atomic E-state index is 0.164. The van der Waals surface area contributed by atoms with Crippen LogP contribution in [0.2, 0.25) is 0 Å². The van der Waals surface area contributed by atoms with E-state index in [0.717, 1.165) is 32.5 Å². The van der Waals surface area contributed by atoms with Gasteiger partial charge in [0.15, 0.2) is 0 Å². The third-order valence-electron chi connectivity index (χ3n) is 3.78.